The normalized spacial score (nSPS) is 20.9. The van der Waals surface area contributed by atoms with Gasteiger partial charge in [0.15, 0.2) is 0 Å². The summed E-state index contributed by atoms with van der Waals surface area (Å²) in [7, 11) is 0. The lowest BCUT2D eigenvalue weighted by Crippen LogP contribution is -2.34. The summed E-state index contributed by atoms with van der Waals surface area (Å²) < 4.78 is 0. The van der Waals surface area contributed by atoms with Gasteiger partial charge < -0.3 is 5.11 Å². The van der Waals surface area contributed by atoms with Crippen molar-refractivity contribution in [3.8, 4) is 12.3 Å². The van der Waals surface area contributed by atoms with E-state index in [0.717, 1.165) is 19.3 Å². The third-order valence-corrected chi connectivity index (χ3v) is 3.92. The molecule has 0 heterocycles. The third kappa shape index (κ3) is 3.52. The summed E-state index contributed by atoms with van der Waals surface area (Å²) in [6.45, 7) is 4.52. The first-order valence-electron chi connectivity index (χ1n) is 6.72. The molecule has 1 unspecified atom stereocenters. The van der Waals surface area contributed by atoms with Crippen LogP contribution in [0.3, 0.4) is 0 Å². The summed E-state index contributed by atoms with van der Waals surface area (Å²) in [6, 6.07) is 0. The van der Waals surface area contributed by atoms with Crippen LogP contribution < -0.4 is 0 Å². The molecular formula is C15H26O. The molecule has 0 aliphatic heterocycles. The van der Waals surface area contributed by atoms with Gasteiger partial charge in [0.25, 0.3) is 0 Å². The fourth-order valence-corrected chi connectivity index (χ4v) is 3.27. The fourth-order valence-electron chi connectivity index (χ4n) is 3.27. The number of hydrogen-bond donors (Lipinski definition) is 1. The number of aliphatic hydroxyl groups excluding tert-OH is 1. The Morgan fingerprint density at radius 2 is 1.94 bits per heavy atom. The highest BCUT2D eigenvalue weighted by Crippen LogP contribution is 2.47. The van der Waals surface area contributed by atoms with Crippen molar-refractivity contribution in [2.24, 2.45) is 11.3 Å². The van der Waals surface area contributed by atoms with Crippen molar-refractivity contribution in [3.05, 3.63) is 0 Å². The Bertz CT molecular complexity index is 230. The Balaban J connectivity index is 2.51. The molecule has 1 nitrogen and oxygen atoms in total. The molecule has 0 radical (unpaired) electrons. The van der Waals surface area contributed by atoms with E-state index in [2.05, 4.69) is 19.8 Å². The summed E-state index contributed by atoms with van der Waals surface area (Å²) in [5.74, 6) is 3.34. The Morgan fingerprint density at radius 3 is 2.44 bits per heavy atom. The molecule has 1 saturated carbocycles. The molecule has 0 aromatic carbocycles. The second-order valence-corrected chi connectivity index (χ2v) is 5.78. The largest absolute Gasteiger partial charge is 0.393 e. The molecule has 0 saturated heterocycles. The molecule has 0 aromatic heterocycles. The SMILES string of the molecule is C#CCCCC(O)C1(CC(C)C)CCCC1. The minimum atomic E-state index is -0.134. The molecule has 0 aromatic rings. The van der Waals surface area contributed by atoms with Crippen molar-refractivity contribution < 1.29 is 5.11 Å². The summed E-state index contributed by atoms with van der Waals surface area (Å²) in [5.41, 5.74) is 0.211. The van der Waals surface area contributed by atoms with Crippen LogP contribution in [0.2, 0.25) is 0 Å². The van der Waals surface area contributed by atoms with Gasteiger partial charge in [0.1, 0.15) is 0 Å². The standard InChI is InChI=1S/C15H26O/c1-4-5-6-9-14(16)15(12-13(2)3)10-7-8-11-15/h1,13-14,16H,5-12H2,2-3H3. The molecule has 1 aliphatic carbocycles. The maximum absolute atomic E-state index is 10.4. The van der Waals surface area contributed by atoms with Crippen LogP contribution in [-0.2, 0) is 0 Å². The van der Waals surface area contributed by atoms with E-state index < -0.39 is 0 Å². The molecular weight excluding hydrogens is 196 g/mol. The van der Waals surface area contributed by atoms with Crippen LogP contribution >= 0.6 is 0 Å². The van der Waals surface area contributed by atoms with Gasteiger partial charge in [-0.05, 0) is 43.4 Å². The highest BCUT2D eigenvalue weighted by Gasteiger charge is 2.40. The van der Waals surface area contributed by atoms with Crippen molar-refractivity contribution in [1.29, 1.82) is 0 Å². The van der Waals surface area contributed by atoms with Gasteiger partial charge in [-0.2, -0.15) is 0 Å². The van der Waals surface area contributed by atoms with E-state index in [1.807, 2.05) is 0 Å². The molecule has 92 valence electrons. The molecule has 0 bridgehead atoms. The summed E-state index contributed by atoms with van der Waals surface area (Å²) >= 11 is 0. The Labute approximate surface area is 101 Å². The first kappa shape index (κ1) is 13.6. The van der Waals surface area contributed by atoms with Crippen LogP contribution in [0.4, 0.5) is 0 Å². The van der Waals surface area contributed by atoms with Gasteiger partial charge in [-0.1, -0.05) is 26.7 Å². The van der Waals surface area contributed by atoms with Gasteiger partial charge in [0.05, 0.1) is 6.10 Å². The van der Waals surface area contributed by atoms with Crippen molar-refractivity contribution >= 4 is 0 Å². The van der Waals surface area contributed by atoms with E-state index in [0.29, 0.717) is 5.92 Å². The van der Waals surface area contributed by atoms with E-state index in [4.69, 9.17) is 6.42 Å². The van der Waals surface area contributed by atoms with Crippen molar-refractivity contribution in [2.75, 3.05) is 0 Å². The minimum absolute atomic E-state index is 0.134. The molecule has 1 rings (SSSR count). The quantitative estimate of drug-likeness (QED) is 0.536. The lowest BCUT2D eigenvalue weighted by atomic mass is 9.72. The molecule has 1 fully saturated rings. The number of rotatable bonds is 6. The van der Waals surface area contributed by atoms with Crippen LogP contribution in [0, 0.1) is 23.7 Å². The van der Waals surface area contributed by atoms with E-state index in [9.17, 15) is 5.11 Å². The van der Waals surface area contributed by atoms with Gasteiger partial charge in [-0.25, -0.2) is 0 Å². The zero-order valence-corrected chi connectivity index (χ0v) is 10.8. The van der Waals surface area contributed by atoms with E-state index in [-0.39, 0.29) is 11.5 Å². The second-order valence-electron chi connectivity index (χ2n) is 5.78. The van der Waals surface area contributed by atoms with Gasteiger partial charge in [-0.3, -0.25) is 0 Å². The second kappa shape index (κ2) is 6.30. The molecule has 1 aliphatic rings. The van der Waals surface area contributed by atoms with Crippen molar-refractivity contribution in [1.82, 2.24) is 0 Å². The predicted octanol–water partition coefficient (Wildman–Crippen LogP) is 3.76. The smallest absolute Gasteiger partial charge is 0.0596 e. The van der Waals surface area contributed by atoms with E-state index in [1.165, 1.54) is 32.1 Å². The molecule has 0 amide bonds. The van der Waals surface area contributed by atoms with Crippen molar-refractivity contribution in [3.63, 3.8) is 0 Å². The van der Waals surface area contributed by atoms with Gasteiger partial charge in [0, 0.05) is 6.42 Å². The minimum Gasteiger partial charge on any atom is -0.393 e. The molecule has 1 atom stereocenters. The van der Waals surface area contributed by atoms with Gasteiger partial charge in [-0.15, -0.1) is 12.3 Å². The zero-order chi connectivity index (χ0) is 12.0. The highest BCUT2D eigenvalue weighted by atomic mass is 16.3. The van der Waals surface area contributed by atoms with Crippen LogP contribution in [0.1, 0.15) is 65.2 Å². The van der Waals surface area contributed by atoms with Crippen molar-refractivity contribution in [2.45, 2.75) is 71.3 Å². The number of terminal acetylenes is 1. The summed E-state index contributed by atoms with van der Waals surface area (Å²) in [6.07, 6.45) is 13.9. The Kier molecular flexibility index (Phi) is 5.35. The predicted molar refractivity (Wildman–Crippen MR) is 69.0 cm³/mol. The van der Waals surface area contributed by atoms with E-state index >= 15 is 0 Å². The Morgan fingerprint density at radius 1 is 1.31 bits per heavy atom. The Hall–Kier alpha value is -0.480. The first-order chi connectivity index (χ1) is 7.60. The molecule has 16 heavy (non-hydrogen) atoms. The van der Waals surface area contributed by atoms with Crippen LogP contribution in [0.5, 0.6) is 0 Å². The number of aliphatic hydroxyl groups is 1. The molecule has 0 spiro atoms. The summed E-state index contributed by atoms with van der Waals surface area (Å²) in [4.78, 5) is 0. The number of unbranched alkanes of at least 4 members (excludes halogenated alkanes) is 1. The lowest BCUT2D eigenvalue weighted by molar-refractivity contribution is 0.00608. The lowest BCUT2D eigenvalue weighted by Gasteiger charge is -2.36. The first-order valence-corrected chi connectivity index (χ1v) is 6.72. The molecule has 1 heteroatoms. The topological polar surface area (TPSA) is 20.2 Å². The monoisotopic (exact) mass is 222 g/mol. The molecule has 1 N–H and O–H groups in total. The maximum atomic E-state index is 10.4. The van der Waals surface area contributed by atoms with Crippen LogP contribution in [-0.4, -0.2) is 11.2 Å². The maximum Gasteiger partial charge on any atom is 0.0596 e. The highest BCUT2D eigenvalue weighted by molar-refractivity contribution is 4.92. The van der Waals surface area contributed by atoms with E-state index in [1.54, 1.807) is 0 Å². The fraction of sp³-hybridized carbons (Fsp3) is 0.867. The van der Waals surface area contributed by atoms with Gasteiger partial charge >= 0.3 is 0 Å². The van der Waals surface area contributed by atoms with Gasteiger partial charge in [0.2, 0.25) is 0 Å². The average Bonchev–Trinajstić information content (AvgIpc) is 2.67. The zero-order valence-electron chi connectivity index (χ0n) is 10.8. The van der Waals surface area contributed by atoms with Crippen LogP contribution in [0.15, 0.2) is 0 Å². The third-order valence-electron chi connectivity index (χ3n) is 3.92. The number of hydrogen-bond acceptors (Lipinski definition) is 1. The average molecular weight is 222 g/mol. The van der Waals surface area contributed by atoms with Crippen LogP contribution in [0.25, 0.3) is 0 Å². The summed E-state index contributed by atoms with van der Waals surface area (Å²) in [5, 5.41) is 10.4.